The third-order valence-corrected chi connectivity index (χ3v) is 4.36. The molecule has 1 saturated heterocycles. The first-order valence-electron chi connectivity index (χ1n) is 5.84. The SMILES string of the molecule is CS(=O)(=O)c1ccc(Cl)c(C(=O)N2CCNC(=O)C2)c1. The second-order valence-electron chi connectivity index (χ2n) is 4.49. The highest BCUT2D eigenvalue weighted by molar-refractivity contribution is 7.90. The molecule has 6 nitrogen and oxygen atoms in total. The summed E-state index contributed by atoms with van der Waals surface area (Å²) in [6.07, 6.45) is 1.05. The maximum atomic E-state index is 12.3. The number of carbonyl (C=O) groups excluding carboxylic acids is 2. The number of nitrogens with zero attached hydrogens (tertiary/aromatic N) is 1. The second-order valence-corrected chi connectivity index (χ2v) is 6.91. The summed E-state index contributed by atoms with van der Waals surface area (Å²) in [6.45, 7) is 0.677. The van der Waals surface area contributed by atoms with Gasteiger partial charge in [-0.05, 0) is 18.2 Å². The number of nitrogens with one attached hydrogen (secondary N) is 1. The Morgan fingerprint density at radius 1 is 1.40 bits per heavy atom. The number of benzene rings is 1. The summed E-state index contributed by atoms with van der Waals surface area (Å²) in [5.74, 6) is -0.699. The van der Waals surface area contributed by atoms with Crippen LogP contribution >= 0.6 is 11.6 Å². The normalized spacial score (nSPS) is 15.9. The summed E-state index contributed by atoms with van der Waals surface area (Å²) in [4.78, 5) is 25.0. The monoisotopic (exact) mass is 316 g/mol. The summed E-state index contributed by atoms with van der Waals surface area (Å²) in [5.41, 5.74) is 0.0873. The van der Waals surface area contributed by atoms with Crippen molar-refractivity contribution in [2.24, 2.45) is 0 Å². The highest BCUT2D eigenvalue weighted by Gasteiger charge is 2.24. The Labute approximate surface area is 121 Å². The Morgan fingerprint density at radius 3 is 2.70 bits per heavy atom. The van der Waals surface area contributed by atoms with E-state index in [4.69, 9.17) is 11.6 Å². The molecule has 0 saturated carbocycles. The fraction of sp³-hybridized carbons (Fsp3) is 0.333. The molecule has 1 N–H and O–H groups in total. The van der Waals surface area contributed by atoms with Crippen LogP contribution in [-0.4, -0.2) is 51.0 Å². The molecule has 0 aromatic heterocycles. The molecule has 2 rings (SSSR count). The molecule has 1 heterocycles. The number of piperazine rings is 1. The fourth-order valence-electron chi connectivity index (χ4n) is 1.88. The number of halogens is 1. The smallest absolute Gasteiger partial charge is 0.255 e. The lowest BCUT2D eigenvalue weighted by atomic mass is 10.2. The molecule has 0 spiro atoms. The molecule has 0 radical (unpaired) electrons. The van der Waals surface area contributed by atoms with Gasteiger partial charge in [-0.1, -0.05) is 11.6 Å². The van der Waals surface area contributed by atoms with E-state index in [1.807, 2.05) is 0 Å². The minimum Gasteiger partial charge on any atom is -0.353 e. The molecule has 0 unspecified atom stereocenters. The quantitative estimate of drug-likeness (QED) is 0.851. The van der Waals surface area contributed by atoms with Gasteiger partial charge >= 0.3 is 0 Å². The zero-order valence-corrected chi connectivity index (χ0v) is 12.3. The van der Waals surface area contributed by atoms with E-state index >= 15 is 0 Å². The van der Waals surface area contributed by atoms with Crippen LogP contribution in [0.15, 0.2) is 23.1 Å². The zero-order valence-electron chi connectivity index (χ0n) is 10.7. The molecule has 8 heteroatoms. The molecule has 108 valence electrons. The van der Waals surface area contributed by atoms with Gasteiger partial charge in [0.1, 0.15) is 0 Å². The van der Waals surface area contributed by atoms with Crippen LogP contribution in [0.4, 0.5) is 0 Å². The van der Waals surface area contributed by atoms with Gasteiger partial charge in [0, 0.05) is 19.3 Å². The van der Waals surface area contributed by atoms with Gasteiger partial charge in [0.2, 0.25) is 5.91 Å². The molecular formula is C12H13ClN2O4S. The van der Waals surface area contributed by atoms with Crippen molar-refractivity contribution in [2.45, 2.75) is 4.90 Å². The van der Waals surface area contributed by atoms with Crippen molar-refractivity contribution in [1.82, 2.24) is 10.2 Å². The zero-order chi connectivity index (χ0) is 14.9. The van der Waals surface area contributed by atoms with Gasteiger partial charge < -0.3 is 10.2 Å². The van der Waals surface area contributed by atoms with Gasteiger partial charge in [-0.15, -0.1) is 0 Å². The van der Waals surface area contributed by atoms with Crippen LogP contribution < -0.4 is 5.32 Å². The lowest BCUT2D eigenvalue weighted by Crippen LogP contribution is -2.50. The van der Waals surface area contributed by atoms with E-state index in [1.165, 1.54) is 23.1 Å². The molecular weight excluding hydrogens is 304 g/mol. The molecule has 1 aromatic carbocycles. The predicted molar refractivity (Wildman–Crippen MR) is 73.5 cm³/mol. The molecule has 0 bridgehead atoms. The summed E-state index contributed by atoms with van der Waals surface area (Å²) in [7, 11) is -3.43. The van der Waals surface area contributed by atoms with Crippen LogP contribution in [0.3, 0.4) is 0 Å². The number of sulfone groups is 1. The Bertz CT molecular complexity index is 672. The largest absolute Gasteiger partial charge is 0.353 e. The van der Waals surface area contributed by atoms with Gasteiger partial charge in [-0.3, -0.25) is 9.59 Å². The molecule has 2 amide bonds. The van der Waals surface area contributed by atoms with E-state index in [9.17, 15) is 18.0 Å². The first-order valence-corrected chi connectivity index (χ1v) is 8.11. The van der Waals surface area contributed by atoms with Crippen LogP contribution in [0.2, 0.25) is 5.02 Å². The van der Waals surface area contributed by atoms with Gasteiger partial charge in [-0.25, -0.2) is 8.42 Å². The van der Waals surface area contributed by atoms with Crippen LogP contribution in [0, 0.1) is 0 Å². The lowest BCUT2D eigenvalue weighted by Gasteiger charge is -2.27. The van der Waals surface area contributed by atoms with Crippen molar-refractivity contribution in [3.8, 4) is 0 Å². The Kier molecular flexibility index (Phi) is 4.01. The van der Waals surface area contributed by atoms with Crippen molar-refractivity contribution in [3.05, 3.63) is 28.8 Å². The first kappa shape index (κ1) is 14.8. The lowest BCUT2D eigenvalue weighted by molar-refractivity contribution is -0.123. The predicted octanol–water partition coefficient (Wildman–Crippen LogP) is 0.315. The average Bonchev–Trinajstić information content (AvgIpc) is 2.37. The first-order chi connectivity index (χ1) is 9.29. The Hall–Kier alpha value is -1.60. The minimum absolute atomic E-state index is 0.0201. The molecule has 0 aliphatic carbocycles. The molecule has 20 heavy (non-hydrogen) atoms. The average molecular weight is 317 g/mol. The Morgan fingerprint density at radius 2 is 2.10 bits per heavy atom. The topological polar surface area (TPSA) is 83.6 Å². The highest BCUT2D eigenvalue weighted by atomic mass is 35.5. The van der Waals surface area contributed by atoms with Crippen molar-refractivity contribution in [1.29, 1.82) is 0 Å². The van der Waals surface area contributed by atoms with E-state index in [1.54, 1.807) is 0 Å². The third-order valence-electron chi connectivity index (χ3n) is 2.92. The van der Waals surface area contributed by atoms with Crippen molar-refractivity contribution < 1.29 is 18.0 Å². The van der Waals surface area contributed by atoms with Crippen LogP contribution in [0.25, 0.3) is 0 Å². The molecule has 1 fully saturated rings. The summed E-state index contributed by atoms with van der Waals surface area (Å²) < 4.78 is 23.0. The van der Waals surface area contributed by atoms with Gasteiger partial charge in [0.15, 0.2) is 9.84 Å². The van der Waals surface area contributed by atoms with Crippen molar-refractivity contribution in [2.75, 3.05) is 25.9 Å². The number of rotatable bonds is 2. The summed E-state index contributed by atoms with van der Waals surface area (Å²) >= 11 is 5.95. The van der Waals surface area contributed by atoms with E-state index in [-0.39, 0.29) is 27.9 Å². The maximum Gasteiger partial charge on any atom is 0.255 e. The van der Waals surface area contributed by atoms with E-state index in [0.717, 1.165) is 6.26 Å². The number of hydrogen-bond acceptors (Lipinski definition) is 4. The van der Waals surface area contributed by atoms with Gasteiger partial charge in [-0.2, -0.15) is 0 Å². The number of carbonyl (C=O) groups is 2. The van der Waals surface area contributed by atoms with Gasteiger partial charge in [0.25, 0.3) is 5.91 Å². The summed E-state index contributed by atoms with van der Waals surface area (Å²) in [6, 6.07) is 3.96. The van der Waals surface area contributed by atoms with Crippen LogP contribution in [0.5, 0.6) is 0 Å². The number of hydrogen-bond donors (Lipinski definition) is 1. The molecule has 0 atom stereocenters. The van der Waals surface area contributed by atoms with Gasteiger partial charge in [0.05, 0.1) is 22.0 Å². The molecule has 1 aliphatic rings. The standard InChI is InChI=1S/C12H13ClN2O4S/c1-20(18,19)8-2-3-10(13)9(6-8)12(17)15-5-4-14-11(16)7-15/h2-3,6H,4-5,7H2,1H3,(H,14,16). The van der Waals surface area contributed by atoms with E-state index in [2.05, 4.69) is 5.32 Å². The molecule has 1 aliphatic heterocycles. The van der Waals surface area contributed by atoms with Crippen LogP contribution in [-0.2, 0) is 14.6 Å². The minimum atomic E-state index is -3.43. The number of amides is 2. The Balaban J connectivity index is 2.36. The van der Waals surface area contributed by atoms with Crippen LogP contribution in [0.1, 0.15) is 10.4 Å². The van der Waals surface area contributed by atoms with Crippen molar-refractivity contribution >= 4 is 33.3 Å². The van der Waals surface area contributed by atoms with Crippen molar-refractivity contribution in [3.63, 3.8) is 0 Å². The molecule has 1 aromatic rings. The highest BCUT2D eigenvalue weighted by Crippen LogP contribution is 2.22. The third kappa shape index (κ3) is 3.10. The van der Waals surface area contributed by atoms with E-state index in [0.29, 0.717) is 13.1 Å². The summed E-state index contributed by atoms with van der Waals surface area (Å²) in [5, 5.41) is 2.77. The van der Waals surface area contributed by atoms with E-state index < -0.39 is 15.7 Å². The maximum absolute atomic E-state index is 12.3. The fourth-order valence-corrected chi connectivity index (χ4v) is 2.73. The second kappa shape index (κ2) is 5.41.